The Morgan fingerprint density at radius 3 is 2.57 bits per heavy atom. The van der Waals surface area contributed by atoms with Crippen LogP contribution in [-0.2, 0) is 6.18 Å². The molecule has 2 saturated heterocycles. The van der Waals surface area contributed by atoms with Crippen LogP contribution in [0.25, 0.3) is 0 Å². The van der Waals surface area contributed by atoms with Crippen LogP contribution in [-0.4, -0.2) is 54.7 Å². The largest absolute Gasteiger partial charge is 0.416 e. The summed E-state index contributed by atoms with van der Waals surface area (Å²) >= 11 is 0. The van der Waals surface area contributed by atoms with Crippen molar-refractivity contribution < 1.29 is 13.2 Å². The van der Waals surface area contributed by atoms with E-state index in [1.54, 1.807) is 6.20 Å². The van der Waals surface area contributed by atoms with Crippen LogP contribution in [0.15, 0.2) is 30.6 Å². The summed E-state index contributed by atoms with van der Waals surface area (Å²) in [6.07, 6.45) is 0.590. The van der Waals surface area contributed by atoms with Crippen molar-refractivity contribution in [3.05, 3.63) is 36.2 Å². The third-order valence-electron chi connectivity index (χ3n) is 5.60. The fourth-order valence-corrected chi connectivity index (χ4v) is 4.09. The van der Waals surface area contributed by atoms with Crippen molar-refractivity contribution in [2.45, 2.75) is 25.1 Å². The molecule has 2 aromatic rings. The summed E-state index contributed by atoms with van der Waals surface area (Å²) in [4.78, 5) is 19.4. The lowest BCUT2D eigenvalue weighted by Gasteiger charge is -2.39. The number of aromatic nitrogens is 3. The maximum atomic E-state index is 13.1. The number of halogens is 3. The Labute approximate surface area is 162 Å². The highest BCUT2D eigenvalue weighted by Gasteiger charge is 2.40. The van der Waals surface area contributed by atoms with Crippen molar-refractivity contribution in [1.29, 1.82) is 0 Å². The van der Waals surface area contributed by atoms with Gasteiger partial charge in [0.25, 0.3) is 0 Å². The average molecular weight is 392 g/mol. The van der Waals surface area contributed by atoms with Gasteiger partial charge in [0.15, 0.2) is 0 Å². The number of fused-ring (bicyclic) bond motifs is 1. The van der Waals surface area contributed by atoms with Crippen LogP contribution in [0.4, 0.5) is 30.8 Å². The highest BCUT2D eigenvalue weighted by atomic mass is 19.4. The second-order valence-electron chi connectivity index (χ2n) is 7.55. The van der Waals surface area contributed by atoms with Crippen LogP contribution in [0, 0.1) is 5.92 Å². The molecule has 9 heteroatoms. The molecule has 0 spiro atoms. The van der Waals surface area contributed by atoms with E-state index in [-0.39, 0.29) is 6.04 Å². The van der Waals surface area contributed by atoms with E-state index in [4.69, 9.17) is 0 Å². The monoisotopic (exact) mass is 392 g/mol. The maximum absolute atomic E-state index is 13.1. The van der Waals surface area contributed by atoms with E-state index in [1.165, 1.54) is 6.20 Å². The third kappa shape index (κ3) is 3.57. The minimum Gasteiger partial charge on any atom is -0.363 e. The fourth-order valence-electron chi connectivity index (χ4n) is 4.09. The number of pyridine rings is 1. The molecule has 2 fully saturated rings. The highest BCUT2D eigenvalue weighted by molar-refractivity contribution is 5.47. The SMILES string of the molecule is CN(C)c1ccnc(N2CCC3CCN(c4cc(C(F)(F)F)ccn4)CC32)n1. The molecule has 0 amide bonds. The molecule has 2 aliphatic heterocycles. The molecule has 2 unspecified atom stereocenters. The molecule has 0 saturated carbocycles. The Bertz CT molecular complexity index is 840. The zero-order chi connectivity index (χ0) is 19.9. The summed E-state index contributed by atoms with van der Waals surface area (Å²) in [6, 6.07) is 4.18. The van der Waals surface area contributed by atoms with Crippen LogP contribution in [0.1, 0.15) is 18.4 Å². The molecular weight excluding hydrogens is 369 g/mol. The van der Waals surface area contributed by atoms with Gasteiger partial charge >= 0.3 is 6.18 Å². The topological polar surface area (TPSA) is 48.4 Å². The van der Waals surface area contributed by atoms with Gasteiger partial charge in [-0.2, -0.15) is 18.2 Å². The second kappa shape index (κ2) is 7.10. The van der Waals surface area contributed by atoms with Gasteiger partial charge in [-0.05, 0) is 37.0 Å². The number of piperidine rings is 1. The predicted molar refractivity (Wildman–Crippen MR) is 102 cm³/mol. The maximum Gasteiger partial charge on any atom is 0.416 e. The standard InChI is InChI=1S/C19H23F3N6/c1-26(2)16-4-8-24-18(25-16)28-10-6-13-5-9-27(12-15(13)28)17-11-14(3-7-23-17)19(20,21)22/h3-4,7-8,11,13,15H,5-6,9-10,12H2,1-2H3. The zero-order valence-corrected chi connectivity index (χ0v) is 15.9. The molecule has 28 heavy (non-hydrogen) atoms. The first-order valence-corrected chi connectivity index (χ1v) is 9.38. The lowest BCUT2D eigenvalue weighted by molar-refractivity contribution is -0.137. The van der Waals surface area contributed by atoms with Crippen molar-refractivity contribution in [3.8, 4) is 0 Å². The van der Waals surface area contributed by atoms with E-state index in [0.29, 0.717) is 30.8 Å². The summed E-state index contributed by atoms with van der Waals surface area (Å²) in [6.45, 7) is 2.19. The quantitative estimate of drug-likeness (QED) is 0.800. The zero-order valence-electron chi connectivity index (χ0n) is 15.9. The molecule has 0 bridgehead atoms. The van der Waals surface area contributed by atoms with Crippen LogP contribution in [0.2, 0.25) is 0 Å². The molecule has 6 nitrogen and oxygen atoms in total. The van der Waals surface area contributed by atoms with Gasteiger partial charge in [0.1, 0.15) is 11.6 Å². The Hall–Kier alpha value is -2.58. The summed E-state index contributed by atoms with van der Waals surface area (Å²) < 4.78 is 39.2. The molecule has 0 N–H and O–H groups in total. The minimum atomic E-state index is -4.37. The molecular formula is C19H23F3N6. The molecule has 0 aliphatic carbocycles. The van der Waals surface area contributed by atoms with E-state index in [1.807, 2.05) is 30.0 Å². The van der Waals surface area contributed by atoms with Gasteiger partial charge in [-0.1, -0.05) is 0 Å². The van der Waals surface area contributed by atoms with Gasteiger partial charge in [0.2, 0.25) is 5.95 Å². The van der Waals surface area contributed by atoms with Crippen LogP contribution < -0.4 is 14.7 Å². The normalized spacial score (nSPS) is 22.3. The summed E-state index contributed by atoms with van der Waals surface area (Å²) in [5.74, 6) is 2.38. The van der Waals surface area contributed by atoms with Gasteiger partial charge in [-0.3, -0.25) is 0 Å². The van der Waals surface area contributed by atoms with E-state index in [0.717, 1.165) is 37.3 Å². The molecule has 150 valence electrons. The van der Waals surface area contributed by atoms with Gasteiger partial charge < -0.3 is 14.7 Å². The molecule has 4 heterocycles. The number of alkyl halides is 3. The Morgan fingerprint density at radius 1 is 1.07 bits per heavy atom. The molecule has 2 aromatic heterocycles. The van der Waals surface area contributed by atoms with Crippen molar-refractivity contribution in [3.63, 3.8) is 0 Å². The smallest absolute Gasteiger partial charge is 0.363 e. The average Bonchev–Trinajstić information content (AvgIpc) is 3.11. The first-order valence-electron chi connectivity index (χ1n) is 9.38. The lowest BCUT2D eigenvalue weighted by Crippen LogP contribution is -2.49. The van der Waals surface area contributed by atoms with Crippen molar-refractivity contribution in [2.24, 2.45) is 5.92 Å². The van der Waals surface area contributed by atoms with Gasteiger partial charge in [0, 0.05) is 46.1 Å². The predicted octanol–water partition coefficient (Wildman–Crippen LogP) is 3.06. The van der Waals surface area contributed by atoms with Gasteiger partial charge in [-0.15, -0.1) is 0 Å². The van der Waals surface area contributed by atoms with Crippen LogP contribution in [0.3, 0.4) is 0 Å². The second-order valence-corrected chi connectivity index (χ2v) is 7.55. The molecule has 4 rings (SSSR count). The molecule has 0 radical (unpaired) electrons. The van der Waals surface area contributed by atoms with Crippen molar-refractivity contribution >= 4 is 17.6 Å². The van der Waals surface area contributed by atoms with E-state index < -0.39 is 11.7 Å². The summed E-state index contributed by atoms with van der Waals surface area (Å²) in [5.41, 5.74) is -0.662. The van der Waals surface area contributed by atoms with Crippen molar-refractivity contribution in [2.75, 3.05) is 48.4 Å². The van der Waals surface area contributed by atoms with E-state index in [2.05, 4.69) is 19.9 Å². The third-order valence-corrected chi connectivity index (χ3v) is 5.60. The number of rotatable bonds is 3. The number of anilines is 3. The Kier molecular flexibility index (Phi) is 4.76. The van der Waals surface area contributed by atoms with Crippen LogP contribution in [0.5, 0.6) is 0 Å². The number of hydrogen-bond donors (Lipinski definition) is 0. The molecule has 2 atom stereocenters. The Morgan fingerprint density at radius 2 is 1.82 bits per heavy atom. The minimum absolute atomic E-state index is 0.169. The first-order chi connectivity index (χ1) is 13.3. The van der Waals surface area contributed by atoms with E-state index in [9.17, 15) is 13.2 Å². The number of hydrogen-bond acceptors (Lipinski definition) is 6. The van der Waals surface area contributed by atoms with E-state index >= 15 is 0 Å². The Balaban J connectivity index is 1.57. The van der Waals surface area contributed by atoms with Crippen LogP contribution >= 0.6 is 0 Å². The summed E-state index contributed by atoms with van der Waals surface area (Å²) in [5, 5.41) is 0. The fraction of sp³-hybridized carbons (Fsp3) is 0.526. The van der Waals surface area contributed by atoms with Crippen molar-refractivity contribution in [1.82, 2.24) is 15.0 Å². The van der Waals surface area contributed by atoms with Gasteiger partial charge in [0.05, 0.1) is 11.6 Å². The lowest BCUT2D eigenvalue weighted by atomic mass is 9.92. The van der Waals surface area contributed by atoms with Gasteiger partial charge in [-0.25, -0.2) is 9.97 Å². The number of nitrogens with zero attached hydrogens (tertiary/aromatic N) is 6. The highest BCUT2D eigenvalue weighted by Crippen LogP contribution is 2.36. The molecule has 0 aromatic carbocycles. The summed E-state index contributed by atoms with van der Waals surface area (Å²) in [7, 11) is 3.86. The first kappa shape index (κ1) is 18.8. The molecule has 2 aliphatic rings.